The Hall–Kier alpha value is -3.31. The first-order chi connectivity index (χ1) is 18.5. The van der Waals surface area contributed by atoms with E-state index < -0.39 is 19.9 Å². The van der Waals surface area contributed by atoms with Crippen LogP contribution >= 0.6 is 0 Å². The Labute approximate surface area is 231 Å². The number of anilines is 1. The number of rotatable bonds is 9. The normalized spacial score (nSPS) is 15.4. The zero-order valence-electron chi connectivity index (χ0n) is 22.1. The van der Waals surface area contributed by atoms with Gasteiger partial charge in [0, 0.05) is 57.8 Å². The summed E-state index contributed by atoms with van der Waals surface area (Å²) >= 11 is 0. The number of nitrogens with zero attached hydrogens (tertiary/aromatic N) is 3. The third-order valence-electron chi connectivity index (χ3n) is 6.81. The molecule has 0 aromatic heterocycles. The summed E-state index contributed by atoms with van der Waals surface area (Å²) in [5, 5.41) is 0. The van der Waals surface area contributed by atoms with Crippen molar-refractivity contribution in [2.45, 2.75) is 16.2 Å². The van der Waals surface area contributed by atoms with E-state index >= 15 is 0 Å². The predicted octanol–water partition coefficient (Wildman–Crippen LogP) is 3.32. The van der Waals surface area contributed by atoms with E-state index in [9.17, 15) is 21.6 Å². The fraction of sp³-hybridized carbons (Fsp3) is 0.276. The summed E-state index contributed by atoms with van der Waals surface area (Å²) in [6.07, 6.45) is 5.06. The zero-order chi connectivity index (χ0) is 28.0. The topological polar surface area (TPSA) is 95.1 Å². The van der Waals surface area contributed by atoms with E-state index in [4.69, 9.17) is 0 Å². The van der Waals surface area contributed by atoms with Crippen LogP contribution in [-0.4, -0.2) is 78.0 Å². The number of amides is 1. The fourth-order valence-electron chi connectivity index (χ4n) is 4.35. The minimum Gasteiger partial charge on any atom is -0.312 e. The number of likely N-dealkylation sites (N-methyl/N-ethyl adjacent to an activating group) is 1. The van der Waals surface area contributed by atoms with Gasteiger partial charge in [-0.1, -0.05) is 42.5 Å². The van der Waals surface area contributed by atoms with Crippen LogP contribution in [-0.2, 0) is 31.1 Å². The van der Waals surface area contributed by atoms with Crippen molar-refractivity contribution in [3.63, 3.8) is 0 Å². The lowest BCUT2D eigenvalue weighted by molar-refractivity contribution is -0.113. The van der Waals surface area contributed by atoms with Gasteiger partial charge >= 0.3 is 0 Å². The molecule has 3 aromatic carbocycles. The molecule has 206 valence electrons. The highest BCUT2D eigenvalue weighted by Crippen LogP contribution is 2.22. The van der Waals surface area contributed by atoms with Crippen molar-refractivity contribution in [2.75, 3.05) is 50.9 Å². The Morgan fingerprint density at radius 1 is 0.821 bits per heavy atom. The number of benzene rings is 3. The molecular weight excluding hydrogens is 534 g/mol. The summed E-state index contributed by atoms with van der Waals surface area (Å²) in [6, 6.07) is 22.8. The second-order valence-electron chi connectivity index (χ2n) is 9.55. The van der Waals surface area contributed by atoms with Crippen molar-refractivity contribution >= 4 is 37.5 Å². The van der Waals surface area contributed by atoms with Crippen molar-refractivity contribution in [2.24, 2.45) is 0 Å². The Balaban J connectivity index is 1.32. The lowest BCUT2D eigenvalue weighted by atomic mass is 10.1. The third kappa shape index (κ3) is 7.42. The van der Waals surface area contributed by atoms with Gasteiger partial charge in [-0.3, -0.25) is 4.79 Å². The standard InChI is InChI=1S/C29H33N3O5S2/c1-30(29(33)17-10-25-8-13-27(14-9-25)38(2,34)35)26-11-15-28(16-12-26)39(36,37)32-22-20-31(21-23-32)19-18-24-6-4-3-5-7-24/h3-17H,18-23H2,1-2H3/b17-10+. The van der Waals surface area contributed by atoms with E-state index in [0.29, 0.717) is 37.4 Å². The van der Waals surface area contributed by atoms with Crippen LogP contribution in [0.1, 0.15) is 11.1 Å². The maximum Gasteiger partial charge on any atom is 0.250 e. The van der Waals surface area contributed by atoms with Gasteiger partial charge in [0.05, 0.1) is 9.79 Å². The molecule has 10 heteroatoms. The van der Waals surface area contributed by atoms with E-state index in [-0.39, 0.29) is 15.7 Å². The zero-order valence-corrected chi connectivity index (χ0v) is 23.7. The molecule has 0 N–H and O–H groups in total. The van der Waals surface area contributed by atoms with Gasteiger partial charge in [-0.25, -0.2) is 16.8 Å². The van der Waals surface area contributed by atoms with Crippen molar-refractivity contribution in [1.82, 2.24) is 9.21 Å². The molecule has 1 amide bonds. The Morgan fingerprint density at radius 2 is 1.41 bits per heavy atom. The van der Waals surface area contributed by atoms with Gasteiger partial charge in [0.1, 0.15) is 0 Å². The summed E-state index contributed by atoms with van der Waals surface area (Å²) in [4.78, 5) is 16.8. The summed E-state index contributed by atoms with van der Waals surface area (Å²) in [5.74, 6) is -0.301. The van der Waals surface area contributed by atoms with Crippen molar-refractivity contribution in [3.05, 3.63) is 96.1 Å². The van der Waals surface area contributed by atoms with E-state index in [1.54, 1.807) is 37.4 Å². The van der Waals surface area contributed by atoms with Crippen LogP contribution in [0.3, 0.4) is 0 Å². The van der Waals surface area contributed by atoms with Gasteiger partial charge in [-0.2, -0.15) is 4.31 Å². The molecule has 39 heavy (non-hydrogen) atoms. The van der Waals surface area contributed by atoms with Gasteiger partial charge < -0.3 is 9.80 Å². The molecule has 4 rings (SSSR count). The van der Waals surface area contributed by atoms with Gasteiger partial charge in [-0.05, 0) is 60.0 Å². The highest BCUT2D eigenvalue weighted by molar-refractivity contribution is 7.90. The number of sulfonamides is 1. The highest BCUT2D eigenvalue weighted by Gasteiger charge is 2.28. The average Bonchev–Trinajstić information content (AvgIpc) is 2.95. The average molecular weight is 568 g/mol. The van der Waals surface area contributed by atoms with E-state index in [1.807, 2.05) is 18.2 Å². The smallest absolute Gasteiger partial charge is 0.250 e. The summed E-state index contributed by atoms with van der Waals surface area (Å²) in [6.45, 7) is 3.14. The molecule has 1 saturated heterocycles. The first-order valence-corrected chi connectivity index (χ1v) is 16.0. The predicted molar refractivity (Wildman–Crippen MR) is 154 cm³/mol. The second-order valence-corrected chi connectivity index (χ2v) is 13.5. The van der Waals surface area contributed by atoms with Crippen molar-refractivity contribution in [1.29, 1.82) is 0 Å². The molecule has 0 atom stereocenters. The molecule has 0 radical (unpaired) electrons. The maximum absolute atomic E-state index is 13.2. The fourth-order valence-corrected chi connectivity index (χ4v) is 6.40. The van der Waals surface area contributed by atoms with Crippen LogP contribution in [0.25, 0.3) is 6.08 Å². The van der Waals surface area contributed by atoms with Crippen LogP contribution < -0.4 is 4.90 Å². The lowest BCUT2D eigenvalue weighted by Crippen LogP contribution is -2.49. The largest absolute Gasteiger partial charge is 0.312 e. The number of hydrogen-bond donors (Lipinski definition) is 0. The molecule has 1 heterocycles. The number of carbonyl (C=O) groups excluding carboxylic acids is 1. The van der Waals surface area contributed by atoms with Gasteiger partial charge in [-0.15, -0.1) is 0 Å². The Bertz CT molecular complexity index is 1510. The number of sulfone groups is 1. The van der Waals surface area contributed by atoms with E-state index in [0.717, 1.165) is 19.2 Å². The summed E-state index contributed by atoms with van der Waals surface area (Å²) < 4.78 is 51.1. The molecule has 0 saturated carbocycles. The van der Waals surface area contributed by atoms with E-state index in [2.05, 4.69) is 17.0 Å². The van der Waals surface area contributed by atoms with Crippen LogP contribution in [0.5, 0.6) is 0 Å². The Morgan fingerprint density at radius 3 is 2.00 bits per heavy atom. The molecule has 1 fully saturated rings. The van der Waals surface area contributed by atoms with Crippen LogP contribution in [0.15, 0.2) is 94.7 Å². The Kier molecular flexibility index (Phi) is 9.01. The quantitative estimate of drug-likeness (QED) is 0.368. The molecule has 0 unspecified atom stereocenters. The number of carbonyl (C=O) groups is 1. The van der Waals surface area contributed by atoms with Crippen LogP contribution in [0.4, 0.5) is 5.69 Å². The maximum atomic E-state index is 13.2. The molecule has 0 spiro atoms. The van der Waals surface area contributed by atoms with Crippen LogP contribution in [0, 0.1) is 0 Å². The highest BCUT2D eigenvalue weighted by atomic mass is 32.2. The molecule has 1 aliphatic heterocycles. The van der Waals surface area contributed by atoms with Gasteiger partial charge in [0.15, 0.2) is 9.84 Å². The number of hydrogen-bond acceptors (Lipinski definition) is 6. The number of piperazine rings is 1. The summed E-state index contributed by atoms with van der Waals surface area (Å²) in [7, 11) is -5.30. The van der Waals surface area contributed by atoms with Crippen molar-refractivity contribution < 1.29 is 21.6 Å². The third-order valence-corrected chi connectivity index (χ3v) is 9.85. The molecule has 8 nitrogen and oxygen atoms in total. The first-order valence-electron chi connectivity index (χ1n) is 12.7. The molecular formula is C29H33N3O5S2. The lowest BCUT2D eigenvalue weighted by Gasteiger charge is -2.34. The minimum atomic E-state index is -3.63. The second kappa shape index (κ2) is 12.3. The first kappa shape index (κ1) is 28.7. The molecule has 3 aromatic rings. The SMILES string of the molecule is CN(C(=O)/C=C/c1ccc(S(C)(=O)=O)cc1)c1ccc(S(=O)(=O)N2CCN(CCc3ccccc3)CC2)cc1. The molecule has 1 aliphatic rings. The monoisotopic (exact) mass is 567 g/mol. The molecule has 0 aliphatic carbocycles. The molecule has 0 bridgehead atoms. The van der Waals surface area contributed by atoms with Gasteiger partial charge in [0.25, 0.3) is 5.91 Å². The minimum absolute atomic E-state index is 0.200. The van der Waals surface area contributed by atoms with Crippen LogP contribution in [0.2, 0.25) is 0 Å². The van der Waals surface area contributed by atoms with E-state index in [1.165, 1.54) is 45.1 Å². The van der Waals surface area contributed by atoms with Crippen molar-refractivity contribution in [3.8, 4) is 0 Å². The van der Waals surface area contributed by atoms with Gasteiger partial charge in [0.2, 0.25) is 10.0 Å². The summed E-state index contributed by atoms with van der Waals surface area (Å²) in [5.41, 5.74) is 2.52.